The number of carbonyl (C=O) groups is 1. The predicted molar refractivity (Wildman–Crippen MR) is 99.4 cm³/mol. The van der Waals surface area contributed by atoms with E-state index in [2.05, 4.69) is 19.6 Å². The number of esters is 1. The van der Waals surface area contributed by atoms with Gasteiger partial charge >= 0.3 is 5.97 Å². The second-order valence-electron chi connectivity index (χ2n) is 5.62. The average Bonchev–Trinajstić information content (AvgIpc) is 2.57. The van der Waals surface area contributed by atoms with E-state index in [4.69, 9.17) is 9.84 Å². The van der Waals surface area contributed by atoms with E-state index in [1.54, 1.807) is 0 Å². The first-order chi connectivity index (χ1) is 11.2. The van der Waals surface area contributed by atoms with Crippen LogP contribution in [0.3, 0.4) is 0 Å². The second-order valence-corrected chi connectivity index (χ2v) is 5.62. The lowest BCUT2D eigenvalue weighted by molar-refractivity contribution is -0.149. The smallest absolute Gasteiger partial charge is 0.306 e. The lowest BCUT2D eigenvalue weighted by Crippen LogP contribution is -2.20. The number of hydrogen-bond donors (Lipinski definition) is 1. The van der Waals surface area contributed by atoms with Crippen molar-refractivity contribution in [3.63, 3.8) is 0 Å². The lowest BCUT2D eigenvalue weighted by atomic mass is 9.87. The van der Waals surface area contributed by atoms with E-state index in [0.29, 0.717) is 12.3 Å². The maximum atomic E-state index is 11.6. The molecule has 1 heterocycles. The van der Waals surface area contributed by atoms with Crippen molar-refractivity contribution in [1.29, 1.82) is 0 Å². The van der Waals surface area contributed by atoms with E-state index in [9.17, 15) is 4.79 Å². The van der Waals surface area contributed by atoms with Gasteiger partial charge in [0, 0.05) is 13.5 Å². The van der Waals surface area contributed by atoms with Crippen LogP contribution in [-0.2, 0) is 9.53 Å². The molecule has 1 rings (SSSR count). The van der Waals surface area contributed by atoms with E-state index in [1.807, 2.05) is 26.8 Å². The molecule has 0 aromatic heterocycles. The highest BCUT2D eigenvalue weighted by atomic mass is 16.5. The van der Waals surface area contributed by atoms with Gasteiger partial charge in [-0.2, -0.15) is 0 Å². The Labute approximate surface area is 143 Å². The molecule has 0 bridgehead atoms. The van der Waals surface area contributed by atoms with Crippen LogP contribution < -0.4 is 0 Å². The average molecular weight is 327 g/mol. The van der Waals surface area contributed by atoms with Crippen molar-refractivity contribution in [3.05, 3.63) is 24.3 Å². The normalized spacial score (nSPS) is 22.5. The Hall–Kier alpha value is -1.09. The maximum Gasteiger partial charge on any atom is 0.306 e. The van der Waals surface area contributed by atoms with Crippen LogP contribution >= 0.6 is 0 Å². The molecule has 0 saturated carbocycles. The summed E-state index contributed by atoms with van der Waals surface area (Å²) in [5.41, 5.74) is 1.45. The molecule has 1 N–H and O–H groups in total. The number of aliphatic hydroxyl groups is 1. The number of carbonyl (C=O) groups excluding carboxylic acids is 1. The van der Waals surface area contributed by atoms with E-state index in [0.717, 1.165) is 39.2 Å². The van der Waals surface area contributed by atoms with Gasteiger partial charge in [0.1, 0.15) is 0 Å². The van der Waals surface area contributed by atoms with Crippen LogP contribution in [0, 0.1) is 5.92 Å². The molecule has 0 aromatic carbocycles. The molecule has 1 saturated heterocycles. The summed E-state index contributed by atoms with van der Waals surface area (Å²) < 4.78 is 5.45. The van der Waals surface area contributed by atoms with Crippen LogP contribution in [0.4, 0.5) is 0 Å². The van der Waals surface area contributed by atoms with E-state index in [-0.39, 0.29) is 12.1 Å². The summed E-state index contributed by atoms with van der Waals surface area (Å²) in [6.45, 7) is 12.0. The largest absolute Gasteiger partial charge is 0.463 e. The van der Waals surface area contributed by atoms with Crippen LogP contribution in [0.15, 0.2) is 24.3 Å². The van der Waals surface area contributed by atoms with Gasteiger partial charge in [0.05, 0.1) is 6.10 Å². The molecule has 0 aromatic rings. The SMILES string of the molecule is C=C/C=C(\CC)CC1CCCCCC(=O)OC(C)C1.CC.CO. The van der Waals surface area contributed by atoms with Crippen LogP contribution in [0.1, 0.15) is 79.1 Å². The van der Waals surface area contributed by atoms with Crippen molar-refractivity contribution in [2.45, 2.75) is 85.2 Å². The summed E-state index contributed by atoms with van der Waals surface area (Å²) in [5, 5.41) is 7.00. The zero-order chi connectivity index (χ0) is 18.1. The third-order valence-electron chi connectivity index (χ3n) is 3.85. The van der Waals surface area contributed by atoms with Crippen molar-refractivity contribution in [2.75, 3.05) is 7.11 Å². The maximum absolute atomic E-state index is 11.6. The van der Waals surface area contributed by atoms with Crippen molar-refractivity contribution in [3.8, 4) is 0 Å². The van der Waals surface area contributed by atoms with Crippen molar-refractivity contribution >= 4 is 5.97 Å². The van der Waals surface area contributed by atoms with E-state index in [1.165, 1.54) is 18.4 Å². The number of hydrogen-bond acceptors (Lipinski definition) is 3. The molecule has 0 radical (unpaired) electrons. The summed E-state index contributed by atoms with van der Waals surface area (Å²) in [6.07, 6.45) is 12.4. The molecule has 1 aliphatic heterocycles. The topological polar surface area (TPSA) is 46.5 Å². The molecule has 0 spiro atoms. The van der Waals surface area contributed by atoms with E-state index < -0.39 is 0 Å². The third kappa shape index (κ3) is 13.1. The summed E-state index contributed by atoms with van der Waals surface area (Å²) in [6, 6.07) is 0. The van der Waals surface area contributed by atoms with Gasteiger partial charge in [-0.15, -0.1) is 0 Å². The van der Waals surface area contributed by atoms with Gasteiger partial charge in [-0.1, -0.05) is 64.3 Å². The minimum Gasteiger partial charge on any atom is -0.463 e. The Morgan fingerprint density at radius 3 is 2.52 bits per heavy atom. The zero-order valence-electron chi connectivity index (χ0n) is 15.9. The fourth-order valence-corrected chi connectivity index (χ4v) is 2.85. The van der Waals surface area contributed by atoms with Gasteiger partial charge in [0.2, 0.25) is 0 Å². The Morgan fingerprint density at radius 2 is 1.96 bits per heavy atom. The van der Waals surface area contributed by atoms with Crippen molar-refractivity contribution in [2.24, 2.45) is 5.92 Å². The van der Waals surface area contributed by atoms with Gasteiger partial charge in [-0.3, -0.25) is 4.79 Å². The molecular weight excluding hydrogens is 288 g/mol. The van der Waals surface area contributed by atoms with Crippen molar-refractivity contribution in [1.82, 2.24) is 0 Å². The van der Waals surface area contributed by atoms with E-state index >= 15 is 0 Å². The number of cyclic esters (lactones) is 1. The van der Waals surface area contributed by atoms with Crippen LogP contribution in [0.5, 0.6) is 0 Å². The molecule has 2 unspecified atom stereocenters. The summed E-state index contributed by atoms with van der Waals surface area (Å²) in [4.78, 5) is 11.6. The van der Waals surface area contributed by atoms with Gasteiger partial charge in [0.25, 0.3) is 0 Å². The number of ether oxygens (including phenoxy) is 1. The highest BCUT2D eigenvalue weighted by Crippen LogP contribution is 2.27. The molecule has 3 nitrogen and oxygen atoms in total. The van der Waals surface area contributed by atoms with Gasteiger partial charge < -0.3 is 9.84 Å². The molecule has 0 amide bonds. The number of aliphatic hydroxyl groups excluding tert-OH is 1. The summed E-state index contributed by atoms with van der Waals surface area (Å²) in [7, 11) is 1.00. The monoisotopic (exact) mass is 326 g/mol. The molecule has 2 atom stereocenters. The molecule has 1 fully saturated rings. The number of allylic oxidation sites excluding steroid dienone is 3. The fraction of sp³-hybridized carbons (Fsp3) is 0.750. The van der Waals surface area contributed by atoms with Gasteiger partial charge in [-0.05, 0) is 38.5 Å². The Bertz CT molecular complexity index is 321. The summed E-state index contributed by atoms with van der Waals surface area (Å²) in [5.74, 6) is 0.609. The minimum atomic E-state index is -0.0227. The Kier molecular flexibility index (Phi) is 18.1. The zero-order valence-corrected chi connectivity index (χ0v) is 15.9. The van der Waals surface area contributed by atoms with Crippen LogP contribution in [-0.4, -0.2) is 24.3 Å². The first-order valence-corrected chi connectivity index (χ1v) is 9.10. The van der Waals surface area contributed by atoms with Gasteiger partial charge in [0.15, 0.2) is 0 Å². The van der Waals surface area contributed by atoms with Crippen LogP contribution in [0.2, 0.25) is 0 Å². The standard InChI is InChI=1S/C17H28O2.C2H6.CH4O/c1-4-9-15(5-2)13-16-10-7-6-8-11-17(18)19-14(3)12-16;2*1-2/h4,9,14,16H,1,5-8,10-13H2,2-3H3;1-2H3;2H,1H3/b15-9+;;. The first-order valence-electron chi connectivity index (χ1n) is 9.10. The van der Waals surface area contributed by atoms with Crippen LogP contribution in [0.25, 0.3) is 0 Å². The third-order valence-corrected chi connectivity index (χ3v) is 3.85. The predicted octanol–water partition coefficient (Wildman–Crippen LogP) is 5.44. The minimum absolute atomic E-state index is 0.0227. The Morgan fingerprint density at radius 1 is 1.30 bits per heavy atom. The van der Waals surface area contributed by atoms with Gasteiger partial charge in [-0.25, -0.2) is 0 Å². The molecule has 1 aliphatic rings. The molecular formula is C20H38O3. The van der Waals surface area contributed by atoms with Crippen molar-refractivity contribution < 1.29 is 14.6 Å². The lowest BCUT2D eigenvalue weighted by Gasteiger charge is -2.23. The highest BCUT2D eigenvalue weighted by Gasteiger charge is 2.18. The number of rotatable bonds is 4. The quantitative estimate of drug-likeness (QED) is 0.553. The summed E-state index contributed by atoms with van der Waals surface area (Å²) >= 11 is 0. The molecule has 23 heavy (non-hydrogen) atoms. The second kappa shape index (κ2) is 17.3. The first kappa shape index (κ1) is 24.2. The fourth-order valence-electron chi connectivity index (χ4n) is 2.85. The molecule has 136 valence electrons. The molecule has 0 aliphatic carbocycles. The Balaban J connectivity index is 0. The highest BCUT2D eigenvalue weighted by molar-refractivity contribution is 5.69. The molecule has 3 heteroatoms.